The molecule has 0 amide bonds. The largest absolute Gasteiger partial charge is 0.368 e. The molecule has 1 heterocycles. The van der Waals surface area contributed by atoms with Crippen molar-refractivity contribution >= 4 is 0 Å². The molecule has 1 aliphatic rings. The van der Waals surface area contributed by atoms with Crippen LogP contribution in [-0.2, 0) is 20.8 Å². The Bertz CT molecular complexity index is 325. The predicted molar refractivity (Wildman–Crippen MR) is 65.6 cm³/mol. The van der Waals surface area contributed by atoms with Gasteiger partial charge in [0.15, 0.2) is 6.29 Å². The summed E-state index contributed by atoms with van der Waals surface area (Å²) in [6.45, 7) is 5.33. The first-order valence-corrected chi connectivity index (χ1v) is 6.22. The van der Waals surface area contributed by atoms with E-state index in [1.54, 1.807) is 0 Å². The van der Waals surface area contributed by atoms with E-state index < -0.39 is 0 Å². The third kappa shape index (κ3) is 3.53. The molecule has 1 aromatic carbocycles. The topological polar surface area (TPSA) is 27.7 Å². The maximum Gasteiger partial charge on any atom is 0.157 e. The SMILES string of the molecule is CC[C@H]1OC[C@@H](OCc2ccccc2)[C@@H](C)O1. The van der Waals surface area contributed by atoms with Crippen LogP contribution in [0.4, 0.5) is 0 Å². The fourth-order valence-electron chi connectivity index (χ4n) is 1.88. The van der Waals surface area contributed by atoms with Crippen LogP contribution in [0.3, 0.4) is 0 Å². The van der Waals surface area contributed by atoms with Crippen molar-refractivity contribution in [3.63, 3.8) is 0 Å². The van der Waals surface area contributed by atoms with Gasteiger partial charge in [0.25, 0.3) is 0 Å². The lowest BCUT2D eigenvalue weighted by atomic mass is 10.2. The molecule has 0 bridgehead atoms. The lowest BCUT2D eigenvalue weighted by Gasteiger charge is -2.34. The van der Waals surface area contributed by atoms with Gasteiger partial charge in [0.2, 0.25) is 0 Å². The van der Waals surface area contributed by atoms with Crippen molar-refractivity contribution in [3.8, 4) is 0 Å². The average molecular weight is 236 g/mol. The molecule has 0 N–H and O–H groups in total. The maximum atomic E-state index is 5.82. The van der Waals surface area contributed by atoms with Crippen LogP contribution in [0, 0.1) is 0 Å². The van der Waals surface area contributed by atoms with Gasteiger partial charge in [0.1, 0.15) is 6.10 Å². The lowest BCUT2D eigenvalue weighted by molar-refractivity contribution is -0.258. The third-order valence-corrected chi connectivity index (χ3v) is 2.98. The van der Waals surface area contributed by atoms with Gasteiger partial charge in [-0.05, 0) is 18.9 Å². The molecule has 3 nitrogen and oxygen atoms in total. The second kappa shape index (κ2) is 6.15. The molecule has 0 aliphatic carbocycles. The molecule has 2 rings (SSSR count). The van der Waals surface area contributed by atoms with Crippen molar-refractivity contribution in [1.29, 1.82) is 0 Å². The summed E-state index contributed by atoms with van der Waals surface area (Å²) in [5.74, 6) is 0. The van der Waals surface area contributed by atoms with Crippen LogP contribution in [-0.4, -0.2) is 25.1 Å². The first-order valence-electron chi connectivity index (χ1n) is 6.22. The Labute approximate surface area is 103 Å². The number of benzene rings is 1. The second-order valence-corrected chi connectivity index (χ2v) is 4.35. The van der Waals surface area contributed by atoms with Crippen molar-refractivity contribution in [1.82, 2.24) is 0 Å². The fourth-order valence-corrected chi connectivity index (χ4v) is 1.88. The van der Waals surface area contributed by atoms with Crippen LogP contribution in [0.2, 0.25) is 0 Å². The zero-order valence-corrected chi connectivity index (χ0v) is 10.5. The van der Waals surface area contributed by atoms with Crippen LogP contribution in [0.25, 0.3) is 0 Å². The van der Waals surface area contributed by atoms with Gasteiger partial charge in [0, 0.05) is 0 Å². The van der Waals surface area contributed by atoms with Gasteiger partial charge >= 0.3 is 0 Å². The molecule has 0 saturated carbocycles. The molecule has 0 radical (unpaired) electrons. The van der Waals surface area contributed by atoms with E-state index in [4.69, 9.17) is 14.2 Å². The highest BCUT2D eigenvalue weighted by atomic mass is 16.7. The molecule has 3 atom stereocenters. The van der Waals surface area contributed by atoms with E-state index in [-0.39, 0.29) is 18.5 Å². The Morgan fingerprint density at radius 3 is 2.71 bits per heavy atom. The van der Waals surface area contributed by atoms with Gasteiger partial charge in [-0.25, -0.2) is 0 Å². The minimum absolute atomic E-state index is 0.0259. The molecule has 0 spiro atoms. The Morgan fingerprint density at radius 1 is 1.29 bits per heavy atom. The first-order chi connectivity index (χ1) is 8.29. The molecule has 1 aromatic rings. The highest BCUT2D eigenvalue weighted by molar-refractivity contribution is 5.13. The fraction of sp³-hybridized carbons (Fsp3) is 0.571. The molecule has 17 heavy (non-hydrogen) atoms. The summed E-state index contributed by atoms with van der Waals surface area (Å²) in [7, 11) is 0. The molecular formula is C14H20O3. The van der Waals surface area contributed by atoms with E-state index in [1.807, 2.05) is 25.1 Å². The van der Waals surface area contributed by atoms with E-state index >= 15 is 0 Å². The third-order valence-electron chi connectivity index (χ3n) is 2.98. The number of hydrogen-bond donors (Lipinski definition) is 0. The van der Waals surface area contributed by atoms with Crippen LogP contribution in [0.5, 0.6) is 0 Å². The molecule has 1 aliphatic heterocycles. The summed E-state index contributed by atoms with van der Waals surface area (Å²) in [6.07, 6.45) is 0.937. The summed E-state index contributed by atoms with van der Waals surface area (Å²) < 4.78 is 17.1. The minimum Gasteiger partial charge on any atom is -0.368 e. The normalized spacial score (nSPS) is 29.2. The lowest BCUT2D eigenvalue weighted by Crippen LogP contribution is -2.43. The van der Waals surface area contributed by atoms with Gasteiger partial charge in [-0.15, -0.1) is 0 Å². The van der Waals surface area contributed by atoms with Crippen molar-refractivity contribution in [2.45, 2.75) is 45.4 Å². The molecule has 0 unspecified atom stereocenters. The zero-order chi connectivity index (χ0) is 12.1. The van der Waals surface area contributed by atoms with Crippen LogP contribution in [0.1, 0.15) is 25.8 Å². The van der Waals surface area contributed by atoms with Crippen molar-refractivity contribution in [3.05, 3.63) is 35.9 Å². The van der Waals surface area contributed by atoms with Crippen molar-refractivity contribution in [2.75, 3.05) is 6.61 Å². The molecular weight excluding hydrogens is 216 g/mol. The summed E-state index contributed by atoms with van der Waals surface area (Å²) in [6, 6.07) is 10.2. The number of hydrogen-bond acceptors (Lipinski definition) is 3. The zero-order valence-electron chi connectivity index (χ0n) is 10.5. The quantitative estimate of drug-likeness (QED) is 0.804. The molecule has 0 aromatic heterocycles. The standard InChI is InChI=1S/C14H20O3/c1-3-14-16-10-13(11(2)17-14)15-9-12-7-5-4-6-8-12/h4-8,11,13-14H,3,9-10H2,1-2H3/t11-,13-,14+/m1/s1. The minimum atomic E-state index is -0.0680. The molecule has 1 fully saturated rings. The van der Waals surface area contributed by atoms with Gasteiger partial charge in [-0.3, -0.25) is 0 Å². The van der Waals surface area contributed by atoms with E-state index in [9.17, 15) is 0 Å². The van der Waals surface area contributed by atoms with Crippen molar-refractivity contribution in [2.24, 2.45) is 0 Å². The van der Waals surface area contributed by atoms with Gasteiger partial charge in [-0.2, -0.15) is 0 Å². The Hall–Kier alpha value is -0.900. The van der Waals surface area contributed by atoms with Gasteiger partial charge in [-0.1, -0.05) is 37.3 Å². The number of ether oxygens (including phenoxy) is 3. The highest BCUT2D eigenvalue weighted by Crippen LogP contribution is 2.18. The van der Waals surface area contributed by atoms with E-state index in [2.05, 4.69) is 19.1 Å². The monoisotopic (exact) mass is 236 g/mol. The van der Waals surface area contributed by atoms with Gasteiger partial charge in [0.05, 0.1) is 19.3 Å². The average Bonchev–Trinajstić information content (AvgIpc) is 2.38. The first kappa shape index (κ1) is 12.6. The smallest absolute Gasteiger partial charge is 0.157 e. The van der Waals surface area contributed by atoms with Gasteiger partial charge < -0.3 is 14.2 Å². The summed E-state index contributed by atoms with van der Waals surface area (Å²) in [5, 5.41) is 0. The van der Waals surface area contributed by atoms with E-state index in [0.29, 0.717) is 13.2 Å². The summed E-state index contributed by atoms with van der Waals surface area (Å²) in [4.78, 5) is 0. The maximum absolute atomic E-state index is 5.82. The Morgan fingerprint density at radius 2 is 2.06 bits per heavy atom. The van der Waals surface area contributed by atoms with Crippen LogP contribution >= 0.6 is 0 Å². The predicted octanol–water partition coefficient (Wildman–Crippen LogP) is 2.74. The Kier molecular flexibility index (Phi) is 4.54. The summed E-state index contributed by atoms with van der Waals surface area (Å²) >= 11 is 0. The second-order valence-electron chi connectivity index (χ2n) is 4.35. The molecule has 94 valence electrons. The van der Waals surface area contributed by atoms with Crippen LogP contribution < -0.4 is 0 Å². The van der Waals surface area contributed by atoms with Crippen LogP contribution in [0.15, 0.2) is 30.3 Å². The molecule has 3 heteroatoms. The summed E-state index contributed by atoms with van der Waals surface area (Å²) in [5.41, 5.74) is 1.18. The number of rotatable bonds is 4. The Balaban J connectivity index is 1.80. The molecule has 1 saturated heterocycles. The van der Waals surface area contributed by atoms with Crippen molar-refractivity contribution < 1.29 is 14.2 Å². The van der Waals surface area contributed by atoms with E-state index in [1.165, 1.54) is 5.56 Å². The highest BCUT2D eigenvalue weighted by Gasteiger charge is 2.28. The van der Waals surface area contributed by atoms with E-state index in [0.717, 1.165) is 6.42 Å².